The minimum absolute atomic E-state index is 0.322. The Morgan fingerprint density at radius 1 is 0.700 bits per heavy atom. The molecule has 0 bridgehead atoms. The van der Waals surface area contributed by atoms with Gasteiger partial charge in [-0.15, -0.1) is 0 Å². The quantitative estimate of drug-likeness (QED) is 0.0775. The van der Waals surface area contributed by atoms with Crippen molar-refractivity contribution in [2.45, 2.75) is 168 Å². The number of aliphatic carboxylic acids is 1. The van der Waals surface area contributed by atoms with Crippen molar-refractivity contribution in [2.24, 2.45) is 29.6 Å². The molecule has 0 aromatic carbocycles. The molecule has 2 N–H and O–H groups in total. The molecule has 0 aliphatic heterocycles. The van der Waals surface area contributed by atoms with E-state index in [9.17, 15) is 4.79 Å². The van der Waals surface area contributed by atoms with E-state index in [1.165, 1.54) is 122 Å². The summed E-state index contributed by atoms with van der Waals surface area (Å²) in [7, 11) is 0. The first kappa shape index (κ1) is 36.9. The van der Waals surface area contributed by atoms with Crippen LogP contribution in [0.5, 0.6) is 0 Å². The third-order valence-electron chi connectivity index (χ3n) is 9.33. The Morgan fingerprint density at radius 2 is 1.23 bits per heavy atom. The third kappa shape index (κ3) is 18.4. The fourth-order valence-electron chi connectivity index (χ4n) is 6.77. The second-order valence-electron chi connectivity index (χ2n) is 13.0. The van der Waals surface area contributed by atoms with Crippen LogP contribution in [0.25, 0.3) is 0 Å². The van der Waals surface area contributed by atoms with Crippen molar-refractivity contribution >= 4 is 5.97 Å². The van der Waals surface area contributed by atoms with Crippen LogP contribution in [0.3, 0.4) is 0 Å². The van der Waals surface area contributed by atoms with Crippen LogP contribution in [0.1, 0.15) is 168 Å². The van der Waals surface area contributed by atoms with Crippen LogP contribution in [-0.2, 0) is 4.79 Å². The summed E-state index contributed by atoms with van der Waals surface area (Å²) in [5, 5.41) is 17.8. The molecule has 1 rings (SSSR count). The van der Waals surface area contributed by atoms with Crippen molar-refractivity contribution in [3.8, 4) is 0 Å². The van der Waals surface area contributed by atoms with Gasteiger partial charge in [0, 0.05) is 13.0 Å². The topological polar surface area (TPSA) is 57.5 Å². The second kappa shape index (κ2) is 25.6. The first-order valence-electron chi connectivity index (χ1n) is 17.7. The SMILES string of the molecule is CCCCCC1C=CC(CCCCCCCCC(=O)O)C(/C=C\C(C)CCCCCCCCO)C1CCCCC. The first-order chi connectivity index (χ1) is 19.5. The van der Waals surface area contributed by atoms with Gasteiger partial charge in [0.25, 0.3) is 0 Å². The van der Waals surface area contributed by atoms with Crippen LogP contribution in [0.4, 0.5) is 0 Å². The average molecular weight is 561 g/mol. The molecule has 0 amide bonds. The van der Waals surface area contributed by atoms with Gasteiger partial charge >= 0.3 is 5.97 Å². The van der Waals surface area contributed by atoms with Crippen molar-refractivity contribution in [1.29, 1.82) is 0 Å². The maximum absolute atomic E-state index is 10.7. The van der Waals surface area contributed by atoms with Gasteiger partial charge in [-0.1, -0.05) is 148 Å². The van der Waals surface area contributed by atoms with Crippen LogP contribution in [0.15, 0.2) is 24.3 Å². The summed E-state index contributed by atoms with van der Waals surface area (Å²) in [6.07, 6.45) is 38.5. The highest BCUT2D eigenvalue weighted by Gasteiger charge is 2.33. The van der Waals surface area contributed by atoms with Crippen LogP contribution < -0.4 is 0 Å². The molecule has 234 valence electrons. The molecule has 1 aliphatic carbocycles. The molecule has 3 nitrogen and oxygen atoms in total. The lowest BCUT2D eigenvalue weighted by Crippen LogP contribution is -2.31. The Balaban J connectivity index is 2.74. The van der Waals surface area contributed by atoms with Gasteiger partial charge < -0.3 is 10.2 Å². The Kier molecular flexibility index (Phi) is 23.6. The predicted octanol–water partition coefficient (Wildman–Crippen LogP) is 11.3. The number of rotatable bonds is 27. The molecule has 0 saturated carbocycles. The number of unbranched alkanes of at least 4 members (excludes halogenated alkanes) is 14. The minimum Gasteiger partial charge on any atom is -0.481 e. The van der Waals surface area contributed by atoms with Gasteiger partial charge in [0.05, 0.1) is 0 Å². The highest BCUT2D eigenvalue weighted by molar-refractivity contribution is 5.66. The molecule has 0 saturated heterocycles. The fraction of sp³-hybridized carbons (Fsp3) is 0.865. The van der Waals surface area contributed by atoms with Crippen molar-refractivity contribution in [3.63, 3.8) is 0 Å². The van der Waals surface area contributed by atoms with Gasteiger partial charge in [0.15, 0.2) is 0 Å². The van der Waals surface area contributed by atoms with Crippen molar-refractivity contribution in [1.82, 2.24) is 0 Å². The van der Waals surface area contributed by atoms with Crippen LogP contribution in [0, 0.1) is 29.6 Å². The lowest BCUT2D eigenvalue weighted by atomic mass is 9.66. The van der Waals surface area contributed by atoms with E-state index in [4.69, 9.17) is 10.2 Å². The van der Waals surface area contributed by atoms with Gasteiger partial charge in [-0.2, -0.15) is 0 Å². The van der Waals surface area contributed by atoms with E-state index in [0.29, 0.717) is 30.8 Å². The number of carboxylic acids is 1. The molecule has 0 aromatic heterocycles. The van der Waals surface area contributed by atoms with E-state index in [-0.39, 0.29) is 0 Å². The zero-order valence-corrected chi connectivity index (χ0v) is 27.0. The summed E-state index contributed by atoms with van der Waals surface area (Å²) in [6, 6.07) is 0. The van der Waals surface area contributed by atoms with Gasteiger partial charge in [-0.3, -0.25) is 4.79 Å². The summed E-state index contributed by atoms with van der Waals surface area (Å²) in [5.74, 6) is 2.90. The molecule has 3 heteroatoms. The Labute approximate surface area is 249 Å². The van der Waals surface area contributed by atoms with Gasteiger partial charge in [-0.05, 0) is 68.1 Å². The minimum atomic E-state index is -0.659. The smallest absolute Gasteiger partial charge is 0.303 e. The molecule has 5 unspecified atom stereocenters. The number of aliphatic hydroxyl groups is 1. The summed E-state index contributed by atoms with van der Waals surface area (Å²) in [6.45, 7) is 7.41. The molecule has 0 aromatic rings. The molecule has 0 radical (unpaired) electrons. The lowest BCUT2D eigenvalue weighted by Gasteiger charge is -2.39. The van der Waals surface area contributed by atoms with E-state index in [1.54, 1.807) is 0 Å². The fourth-order valence-corrected chi connectivity index (χ4v) is 6.77. The largest absolute Gasteiger partial charge is 0.481 e. The predicted molar refractivity (Wildman–Crippen MR) is 174 cm³/mol. The zero-order chi connectivity index (χ0) is 29.3. The third-order valence-corrected chi connectivity index (χ3v) is 9.33. The Morgan fingerprint density at radius 3 is 1.88 bits per heavy atom. The summed E-state index contributed by atoms with van der Waals surface area (Å²) < 4.78 is 0. The zero-order valence-electron chi connectivity index (χ0n) is 27.0. The molecule has 0 fully saturated rings. The Bertz CT molecular complexity index is 639. The number of hydrogen-bond donors (Lipinski definition) is 2. The van der Waals surface area contributed by atoms with Gasteiger partial charge in [0.2, 0.25) is 0 Å². The Hall–Kier alpha value is -1.09. The van der Waals surface area contributed by atoms with Crippen molar-refractivity contribution < 1.29 is 15.0 Å². The number of allylic oxidation sites excluding steroid dienone is 4. The molecule has 0 spiro atoms. The standard InChI is InChI=1S/C37H68O3/c1-4-6-16-23-33-28-29-34(24-19-13-8-9-14-20-26-37(39)40)36(35(33)25-17-7-5-2)30-27-32(3)22-18-12-10-11-15-21-31-38/h27-30,32-36,38H,4-26,31H2,1-3H3,(H,39,40)/b30-27-. The van der Waals surface area contributed by atoms with E-state index in [1.807, 2.05) is 0 Å². The summed E-state index contributed by atoms with van der Waals surface area (Å²) >= 11 is 0. The second-order valence-corrected chi connectivity index (χ2v) is 13.0. The number of carbonyl (C=O) groups is 1. The maximum Gasteiger partial charge on any atom is 0.303 e. The van der Waals surface area contributed by atoms with Gasteiger partial charge in [-0.25, -0.2) is 0 Å². The van der Waals surface area contributed by atoms with Crippen LogP contribution in [0.2, 0.25) is 0 Å². The van der Waals surface area contributed by atoms with Crippen molar-refractivity contribution in [2.75, 3.05) is 6.61 Å². The molecule has 0 heterocycles. The monoisotopic (exact) mass is 561 g/mol. The average Bonchev–Trinajstić information content (AvgIpc) is 2.94. The molecule has 1 aliphatic rings. The summed E-state index contributed by atoms with van der Waals surface area (Å²) in [4.78, 5) is 10.7. The normalized spacial score (nSPS) is 21.8. The lowest BCUT2D eigenvalue weighted by molar-refractivity contribution is -0.137. The maximum atomic E-state index is 10.7. The number of hydrogen-bond acceptors (Lipinski definition) is 2. The highest BCUT2D eigenvalue weighted by Crippen LogP contribution is 2.43. The van der Waals surface area contributed by atoms with Crippen LogP contribution >= 0.6 is 0 Å². The van der Waals surface area contributed by atoms with Crippen LogP contribution in [-0.4, -0.2) is 22.8 Å². The van der Waals surface area contributed by atoms with E-state index in [0.717, 1.165) is 31.1 Å². The highest BCUT2D eigenvalue weighted by atomic mass is 16.4. The molecule has 40 heavy (non-hydrogen) atoms. The van der Waals surface area contributed by atoms with E-state index >= 15 is 0 Å². The van der Waals surface area contributed by atoms with Gasteiger partial charge in [0.1, 0.15) is 0 Å². The first-order valence-corrected chi connectivity index (χ1v) is 17.7. The number of carboxylic acid groups (broad SMARTS) is 1. The van der Waals surface area contributed by atoms with E-state index < -0.39 is 5.97 Å². The van der Waals surface area contributed by atoms with Crippen molar-refractivity contribution in [3.05, 3.63) is 24.3 Å². The molecule has 5 atom stereocenters. The summed E-state index contributed by atoms with van der Waals surface area (Å²) in [5.41, 5.74) is 0. The van der Waals surface area contributed by atoms with E-state index in [2.05, 4.69) is 45.1 Å². The number of aliphatic hydroxyl groups excluding tert-OH is 1. The molecular formula is C37H68O3. The molecular weight excluding hydrogens is 492 g/mol.